The van der Waals surface area contributed by atoms with E-state index in [0.29, 0.717) is 5.69 Å². The molecule has 0 spiro atoms. The minimum absolute atomic E-state index is 0.158. The fraction of sp³-hybridized carbons (Fsp3) is 0.208. The van der Waals surface area contributed by atoms with E-state index in [2.05, 4.69) is 10.6 Å². The average molecular weight is 396 g/mol. The number of anilines is 2. The third kappa shape index (κ3) is 2.40. The number of para-hydroxylation sites is 2. The van der Waals surface area contributed by atoms with Crippen LogP contribution in [-0.2, 0) is 16.1 Å². The van der Waals surface area contributed by atoms with E-state index in [9.17, 15) is 9.59 Å². The summed E-state index contributed by atoms with van der Waals surface area (Å²) in [5.41, 5.74) is 2.65. The number of imidazole rings is 1. The molecule has 6 heteroatoms. The van der Waals surface area contributed by atoms with Gasteiger partial charge < -0.3 is 9.47 Å². The van der Waals surface area contributed by atoms with Gasteiger partial charge in [0.2, 0.25) is 11.9 Å². The van der Waals surface area contributed by atoms with Crippen LogP contribution >= 0.6 is 0 Å². The monoisotopic (exact) mass is 396 g/mol. The second-order valence-electron chi connectivity index (χ2n) is 7.88. The second kappa shape index (κ2) is 6.42. The van der Waals surface area contributed by atoms with Crippen molar-refractivity contribution in [3.05, 3.63) is 66.7 Å². The molecular formula is C24H20N4O2. The van der Waals surface area contributed by atoms with Gasteiger partial charge in [-0.2, -0.15) is 0 Å². The first-order valence-electron chi connectivity index (χ1n) is 10.3. The van der Waals surface area contributed by atoms with Gasteiger partial charge in [-0.3, -0.25) is 9.59 Å². The fourth-order valence-electron chi connectivity index (χ4n) is 4.81. The highest BCUT2D eigenvalue weighted by Gasteiger charge is 2.45. The molecule has 3 aromatic carbocycles. The van der Waals surface area contributed by atoms with Gasteiger partial charge in [0.05, 0.1) is 23.1 Å². The number of hydrogen-bond donors (Lipinski definition) is 0. The van der Waals surface area contributed by atoms with Crippen molar-refractivity contribution in [2.45, 2.75) is 25.4 Å². The fourth-order valence-corrected chi connectivity index (χ4v) is 4.81. The van der Waals surface area contributed by atoms with E-state index >= 15 is 0 Å². The second-order valence-corrected chi connectivity index (χ2v) is 7.88. The van der Waals surface area contributed by atoms with Crippen molar-refractivity contribution in [1.29, 1.82) is 0 Å². The van der Waals surface area contributed by atoms with E-state index in [1.165, 1.54) is 4.90 Å². The van der Waals surface area contributed by atoms with Crippen LogP contribution in [-0.4, -0.2) is 34.0 Å². The summed E-state index contributed by atoms with van der Waals surface area (Å²) < 4.78 is 2.16. The lowest BCUT2D eigenvalue weighted by Gasteiger charge is -2.32. The van der Waals surface area contributed by atoms with E-state index in [1.54, 1.807) is 0 Å². The Balaban J connectivity index is 1.42. The largest absolute Gasteiger partial charge is 0.330 e. The Morgan fingerprint density at radius 2 is 1.67 bits per heavy atom. The minimum atomic E-state index is -0.521. The van der Waals surface area contributed by atoms with Crippen molar-refractivity contribution in [3.63, 3.8) is 0 Å². The molecule has 2 amide bonds. The highest BCUT2D eigenvalue weighted by Crippen LogP contribution is 2.35. The van der Waals surface area contributed by atoms with E-state index in [0.717, 1.165) is 47.3 Å². The van der Waals surface area contributed by atoms with Crippen LogP contribution in [0.2, 0.25) is 0 Å². The molecule has 6 rings (SSSR count). The van der Waals surface area contributed by atoms with Gasteiger partial charge in [0.25, 0.3) is 5.91 Å². The molecule has 0 aliphatic carbocycles. The zero-order valence-electron chi connectivity index (χ0n) is 16.4. The van der Waals surface area contributed by atoms with Crippen LogP contribution in [0.3, 0.4) is 0 Å². The number of hydrogen-bond acceptors (Lipinski definition) is 4. The normalized spacial score (nSPS) is 19.1. The van der Waals surface area contributed by atoms with Gasteiger partial charge in [-0.1, -0.05) is 48.5 Å². The van der Waals surface area contributed by atoms with Gasteiger partial charge in [0, 0.05) is 18.5 Å². The zero-order valence-corrected chi connectivity index (χ0v) is 16.4. The van der Waals surface area contributed by atoms with Gasteiger partial charge in [-0.15, -0.1) is 0 Å². The number of fused-ring (bicyclic) bond motifs is 4. The quantitative estimate of drug-likeness (QED) is 0.485. The standard InChI is InChI=1S/C24H20N4O2/c29-22-15-21(23(30)28(22)19-12-5-8-16-7-1-2-9-17(16)19)27-14-6-13-26-20-11-4-3-10-18(20)25-24(26)27/h1-5,7-12,21H,6,13-15H2. The van der Waals surface area contributed by atoms with Crippen molar-refractivity contribution in [1.82, 2.24) is 9.55 Å². The number of amides is 2. The van der Waals surface area contributed by atoms with E-state index in [-0.39, 0.29) is 18.2 Å². The number of rotatable bonds is 2. The number of imide groups is 1. The third-order valence-electron chi connectivity index (χ3n) is 6.18. The Morgan fingerprint density at radius 1 is 0.867 bits per heavy atom. The number of nitrogens with zero attached hydrogens (tertiary/aromatic N) is 4. The summed E-state index contributed by atoms with van der Waals surface area (Å²) in [4.78, 5) is 34.7. The number of aromatic nitrogens is 2. The third-order valence-corrected chi connectivity index (χ3v) is 6.18. The van der Waals surface area contributed by atoms with Crippen molar-refractivity contribution in [2.75, 3.05) is 16.3 Å². The molecule has 4 aromatic rings. The van der Waals surface area contributed by atoms with Gasteiger partial charge in [-0.25, -0.2) is 9.88 Å². The molecule has 0 saturated carbocycles. The Kier molecular flexibility index (Phi) is 3.68. The van der Waals surface area contributed by atoms with Gasteiger partial charge >= 0.3 is 0 Å². The number of carbonyl (C=O) groups is 2. The molecule has 1 atom stereocenters. The summed E-state index contributed by atoms with van der Waals surface area (Å²) in [7, 11) is 0. The predicted molar refractivity (Wildman–Crippen MR) is 117 cm³/mol. The summed E-state index contributed by atoms with van der Waals surface area (Å²) in [5.74, 6) is 0.458. The number of carbonyl (C=O) groups excluding carboxylic acids is 2. The Hall–Kier alpha value is -3.67. The van der Waals surface area contributed by atoms with Crippen LogP contribution in [0, 0.1) is 0 Å². The first kappa shape index (κ1) is 17.2. The Labute approximate surface area is 173 Å². The smallest absolute Gasteiger partial charge is 0.257 e. The first-order valence-corrected chi connectivity index (χ1v) is 10.3. The first-order chi connectivity index (χ1) is 14.7. The molecule has 1 fully saturated rings. The van der Waals surface area contributed by atoms with Crippen molar-refractivity contribution in [3.8, 4) is 0 Å². The molecule has 6 nitrogen and oxygen atoms in total. The molecule has 1 unspecified atom stereocenters. The maximum Gasteiger partial charge on any atom is 0.257 e. The lowest BCUT2D eigenvalue weighted by molar-refractivity contribution is -0.121. The topological polar surface area (TPSA) is 58.4 Å². The van der Waals surface area contributed by atoms with Crippen LogP contribution < -0.4 is 9.80 Å². The van der Waals surface area contributed by atoms with E-state index in [1.807, 2.05) is 65.6 Å². The van der Waals surface area contributed by atoms with E-state index in [4.69, 9.17) is 4.98 Å². The summed E-state index contributed by atoms with van der Waals surface area (Å²) >= 11 is 0. The highest BCUT2D eigenvalue weighted by atomic mass is 16.2. The highest BCUT2D eigenvalue weighted by molar-refractivity contribution is 6.26. The molecule has 1 saturated heterocycles. The maximum absolute atomic E-state index is 13.5. The van der Waals surface area contributed by atoms with Crippen molar-refractivity contribution >= 4 is 45.3 Å². The predicted octanol–water partition coefficient (Wildman–Crippen LogP) is 3.73. The molecule has 3 heterocycles. The number of aryl methyl sites for hydroxylation is 1. The van der Waals surface area contributed by atoms with Crippen LogP contribution in [0.4, 0.5) is 11.6 Å². The van der Waals surface area contributed by atoms with Crippen LogP contribution in [0.15, 0.2) is 66.7 Å². The van der Waals surface area contributed by atoms with Gasteiger partial charge in [0.15, 0.2) is 0 Å². The Bertz CT molecular complexity index is 1320. The van der Waals surface area contributed by atoms with E-state index < -0.39 is 6.04 Å². The lowest BCUT2D eigenvalue weighted by atomic mass is 10.1. The minimum Gasteiger partial charge on any atom is -0.330 e. The molecule has 0 radical (unpaired) electrons. The molecule has 0 bridgehead atoms. The summed E-state index contributed by atoms with van der Waals surface area (Å²) in [6, 6.07) is 21.1. The van der Waals surface area contributed by atoms with Crippen LogP contribution in [0.1, 0.15) is 12.8 Å². The van der Waals surface area contributed by atoms with Crippen molar-refractivity contribution in [2.24, 2.45) is 0 Å². The average Bonchev–Trinajstić information content (AvgIpc) is 3.30. The Morgan fingerprint density at radius 3 is 2.60 bits per heavy atom. The molecular weight excluding hydrogens is 376 g/mol. The maximum atomic E-state index is 13.5. The lowest BCUT2D eigenvalue weighted by Crippen LogP contribution is -2.46. The molecule has 0 N–H and O–H groups in total. The summed E-state index contributed by atoms with van der Waals surface area (Å²) in [6.07, 6.45) is 1.09. The van der Waals surface area contributed by atoms with Gasteiger partial charge in [0.1, 0.15) is 6.04 Å². The van der Waals surface area contributed by atoms with Crippen LogP contribution in [0.5, 0.6) is 0 Å². The number of benzene rings is 3. The SMILES string of the molecule is O=C1CC(N2CCCn3c2nc2ccccc23)C(=O)N1c1cccc2ccccc12. The molecule has 2 aliphatic rings. The summed E-state index contributed by atoms with van der Waals surface area (Å²) in [6.45, 7) is 1.59. The molecule has 1 aromatic heterocycles. The molecule has 2 aliphatic heterocycles. The van der Waals surface area contributed by atoms with Crippen molar-refractivity contribution < 1.29 is 9.59 Å². The van der Waals surface area contributed by atoms with Gasteiger partial charge in [-0.05, 0) is 30.0 Å². The summed E-state index contributed by atoms with van der Waals surface area (Å²) in [5, 5.41) is 1.92. The van der Waals surface area contributed by atoms with Crippen LogP contribution in [0.25, 0.3) is 21.8 Å². The molecule has 30 heavy (non-hydrogen) atoms. The zero-order chi connectivity index (χ0) is 20.2. The molecule has 148 valence electrons.